The average molecular weight is 508 g/mol. The number of hydrogen-bond acceptors (Lipinski definition) is 6. The zero-order chi connectivity index (χ0) is 25.4. The highest BCUT2D eigenvalue weighted by Crippen LogP contribution is 2.38. The van der Waals surface area contributed by atoms with E-state index in [9.17, 15) is 18.8 Å². The van der Waals surface area contributed by atoms with Crippen LogP contribution in [0.4, 0.5) is 8.78 Å². The van der Waals surface area contributed by atoms with Gasteiger partial charge in [-0.25, -0.2) is 18.3 Å². The van der Waals surface area contributed by atoms with E-state index in [2.05, 4.69) is 26.6 Å². The largest absolute Gasteiger partial charge is 0.354 e. The van der Waals surface area contributed by atoms with E-state index in [4.69, 9.17) is 0 Å². The van der Waals surface area contributed by atoms with Crippen molar-refractivity contribution in [1.29, 1.82) is 5.26 Å². The van der Waals surface area contributed by atoms with E-state index in [-0.39, 0.29) is 23.0 Å². The number of amides is 1. The van der Waals surface area contributed by atoms with Crippen LogP contribution in [0.15, 0.2) is 46.8 Å². The van der Waals surface area contributed by atoms with E-state index in [1.165, 1.54) is 6.20 Å². The van der Waals surface area contributed by atoms with Gasteiger partial charge in [0.1, 0.15) is 16.9 Å². The maximum atomic E-state index is 14.4. The molecular weight excluding hydrogens is 484 g/mol. The van der Waals surface area contributed by atoms with Crippen molar-refractivity contribution in [1.82, 2.24) is 29.7 Å². The predicted molar refractivity (Wildman–Crippen MR) is 129 cm³/mol. The summed E-state index contributed by atoms with van der Waals surface area (Å²) in [5.74, 6) is -1.54. The fourth-order valence-corrected chi connectivity index (χ4v) is 5.76. The standard InChI is InChI=1S/C25H23F2N7OS/c1-14-21(12-31-34(14)20-5-3-19(4-6-20)32-15(2)35)16-7-23(24-17(9-28)10-30-33(24)13-16)36-25-22(27)8-18(26)11-29-25/h7-8,10-13,19-20H,3-6H2,1-2H3,(H,32,35)/t19-,20+. The Morgan fingerprint density at radius 1 is 1.17 bits per heavy atom. The van der Waals surface area contributed by atoms with Crippen LogP contribution in [-0.2, 0) is 4.79 Å². The first-order valence-corrected chi connectivity index (χ1v) is 12.4. The first-order valence-electron chi connectivity index (χ1n) is 11.6. The third-order valence-electron chi connectivity index (χ3n) is 6.48. The van der Waals surface area contributed by atoms with Crippen LogP contribution in [0.1, 0.15) is 49.9 Å². The van der Waals surface area contributed by atoms with Crippen molar-refractivity contribution in [3.63, 3.8) is 0 Å². The molecule has 1 aliphatic carbocycles. The van der Waals surface area contributed by atoms with Crippen LogP contribution in [0, 0.1) is 29.9 Å². The van der Waals surface area contributed by atoms with Crippen LogP contribution in [0.3, 0.4) is 0 Å². The van der Waals surface area contributed by atoms with Crippen LogP contribution in [0.2, 0.25) is 0 Å². The number of rotatable bonds is 5. The highest BCUT2D eigenvalue weighted by molar-refractivity contribution is 7.99. The van der Waals surface area contributed by atoms with Crippen molar-refractivity contribution in [2.45, 2.75) is 61.5 Å². The Kier molecular flexibility index (Phi) is 6.45. The number of halogens is 2. The lowest BCUT2D eigenvalue weighted by molar-refractivity contribution is -0.119. The lowest BCUT2D eigenvalue weighted by atomic mass is 9.91. The molecule has 4 heterocycles. The second kappa shape index (κ2) is 9.70. The van der Waals surface area contributed by atoms with Gasteiger partial charge in [0.05, 0.1) is 35.7 Å². The summed E-state index contributed by atoms with van der Waals surface area (Å²) in [7, 11) is 0. The van der Waals surface area contributed by atoms with E-state index in [1.807, 2.05) is 23.9 Å². The van der Waals surface area contributed by atoms with Crippen LogP contribution in [0.5, 0.6) is 0 Å². The van der Waals surface area contributed by atoms with Gasteiger partial charge in [0.15, 0.2) is 5.82 Å². The smallest absolute Gasteiger partial charge is 0.217 e. The van der Waals surface area contributed by atoms with E-state index in [0.717, 1.165) is 66.5 Å². The van der Waals surface area contributed by atoms with Gasteiger partial charge in [-0.2, -0.15) is 15.5 Å². The molecule has 0 atom stereocenters. The maximum absolute atomic E-state index is 14.4. The Balaban J connectivity index is 1.49. The normalized spacial score (nSPS) is 17.8. The minimum Gasteiger partial charge on any atom is -0.354 e. The van der Waals surface area contributed by atoms with E-state index in [1.54, 1.807) is 17.6 Å². The van der Waals surface area contributed by atoms with Crippen LogP contribution < -0.4 is 5.32 Å². The van der Waals surface area contributed by atoms with E-state index in [0.29, 0.717) is 16.0 Å². The number of nitrogens with one attached hydrogen (secondary N) is 1. The molecule has 0 spiro atoms. The van der Waals surface area contributed by atoms with Crippen molar-refractivity contribution in [2.75, 3.05) is 0 Å². The molecule has 1 aliphatic rings. The molecule has 1 N–H and O–H groups in total. The van der Waals surface area contributed by atoms with Crippen molar-refractivity contribution < 1.29 is 13.6 Å². The third-order valence-corrected chi connectivity index (χ3v) is 7.51. The Morgan fingerprint density at radius 2 is 1.94 bits per heavy atom. The summed E-state index contributed by atoms with van der Waals surface area (Å²) in [4.78, 5) is 15.8. The molecular formula is C25H23F2N7OS. The summed E-state index contributed by atoms with van der Waals surface area (Å²) < 4.78 is 31.4. The van der Waals surface area contributed by atoms with Crippen LogP contribution in [0.25, 0.3) is 16.6 Å². The summed E-state index contributed by atoms with van der Waals surface area (Å²) in [6.45, 7) is 3.54. The summed E-state index contributed by atoms with van der Waals surface area (Å²) in [5, 5.41) is 21.6. The fraction of sp³-hybridized carbons (Fsp3) is 0.320. The van der Waals surface area contributed by atoms with Crippen LogP contribution >= 0.6 is 11.8 Å². The molecule has 4 aromatic rings. The molecule has 0 radical (unpaired) electrons. The summed E-state index contributed by atoms with van der Waals surface area (Å²) in [6, 6.07) is 5.19. The molecule has 0 aliphatic heterocycles. The molecule has 0 bridgehead atoms. The lowest BCUT2D eigenvalue weighted by Crippen LogP contribution is -2.36. The first kappa shape index (κ1) is 23.9. The number of nitriles is 1. The molecule has 11 heteroatoms. The molecule has 0 unspecified atom stereocenters. The van der Waals surface area contributed by atoms with Gasteiger partial charge in [-0.3, -0.25) is 9.48 Å². The quantitative estimate of drug-likeness (QED) is 0.416. The number of hydrogen-bond donors (Lipinski definition) is 1. The van der Waals surface area contributed by atoms with Gasteiger partial charge in [0.25, 0.3) is 0 Å². The van der Waals surface area contributed by atoms with Crippen molar-refractivity contribution in [3.8, 4) is 17.2 Å². The minimum atomic E-state index is -0.777. The summed E-state index contributed by atoms with van der Waals surface area (Å²) >= 11 is 1.01. The molecule has 4 aromatic heterocycles. The number of carbonyl (C=O) groups excluding carboxylic acids is 1. The van der Waals surface area contributed by atoms with Gasteiger partial charge >= 0.3 is 0 Å². The highest BCUT2D eigenvalue weighted by atomic mass is 32.2. The van der Waals surface area contributed by atoms with Gasteiger partial charge in [-0.05, 0) is 38.7 Å². The summed E-state index contributed by atoms with van der Waals surface area (Å²) in [5.41, 5.74) is 3.54. The number of carbonyl (C=O) groups is 1. The average Bonchev–Trinajstić information content (AvgIpc) is 3.44. The number of aromatic nitrogens is 5. The Morgan fingerprint density at radius 3 is 2.64 bits per heavy atom. The molecule has 1 saturated carbocycles. The Bertz CT molecular complexity index is 1500. The van der Waals surface area contributed by atoms with Gasteiger partial charge in [0, 0.05) is 46.9 Å². The SMILES string of the molecule is CC(=O)N[C@H]1CC[C@@H](n2ncc(-c3cc(Sc4ncc(F)cc4F)c4c(C#N)cnn4c3)c2C)CC1. The van der Waals surface area contributed by atoms with Crippen molar-refractivity contribution >= 4 is 23.2 Å². The van der Waals surface area contributed by atoms with E-state index < -0.39 is 11.6 Å². The Labute approximate surface area is 210 Å². The number of fused-ring (bicyclic) bond motifs is 1. The van der Waals surface area contributed by atoms with Crippen LogP contribution in [-0.4, -0.2) is 36.3 Å². The van der Waals surface area contributed by atoms with Gasteiger partial charge in [-0.1, -0.05) is 11.8 Å². The van der Waals surface area contributed by atoms with Crippen molar-refractivity contribution in [2.24, 2.45) is 0 Å². The molecule has 184 valence electrons. The Hall–Kier alpha value is -3.78. The lowest BCUT2D eigenvalue weighted by Gasteiger charge is -2.29. The number of nitrogens with zero attached hydrogens (tertiary/aromatic N) is 6. The molecule has 5 rings (SSSR count). The van der Waals surface area contributed by atoms with Gasteiger partial charge in [0.2, 0.25) is 5.91 Å². The van der Waals surface area contributed by atoms with E-state index >= 15 is 0 Å². The molecule has 1 fully saturated rings. The predicted octanol–water partition coefficient (Wildman–Crippen LogP) is 4.82. The van der Waals surface area contributed by atoms with Gasteiger partial charge < -0.3 is 5.32 Å². The molecule has 1 amide bonds. The topological polar surface area (TPSA) is 101 Å². The second-order valence-corrected chi connectivity index (χ2v) is 9.92. The minimum absolute atomic E-state index is 0.00360. The fourth-order valence-electron chi connectivity index (χ4n) is 4.80. The molecule has 36 heavy (non-hydrogen) atoms. The highest BCUT2D eigenvalue weighted by Gasteiger charge is 2.25. The zero-order valence-corrected chi connectivity index (χ0v) is 20.5. The van der Waals surface area contributed by atoms with Crippen molar-refractivity contribution in [3.05, 3.63) is 59.8 Å². The maximum Gasteiger partial charge on any atom is 0.217 e. The second-order valence-electron chi connectivity index (χ2n) is 8.89. The number of pyridine rings is 2. The molecule has 0 saturated heterocycles. The van der Waals surface area contributed by atoms with Gasteiger partial charge in [-0.15, -0.1) is 0 Å². The zero-order valence-electron chi connectivity index (χ0n) is 19.7. The monoisotopic (exact) mass is 507 g/mol. The third kappa shape index (κ3) is 4.56. The molecule has 0 aromatic carbocycles. The first-order chi connectivity index (χ1) is 17.3. The summed E-state index contributed by atoms with van der Waals surface area (Å²) in [6.07, 6.45) is 9.65. The molecule has 8 nitrogen and oxygen atoms in total.